The minimum atomic E-state index is -0.288. The van der Waals surface area contributed by atoms with Crippen molar-refractivity contribution in [1.82, 2.24) is 4.90 Å². The molecule has 1 aliphatic rings. The van der Waals surface area contributed by atoms with Crippen molar-refractivity contribution >= 4 is 17.5 Å². The lowest BCUT2D eigenvalue weighted by Crippen LogP contribution is -2.40. The zero-order valence-electron chi connectivity index (χ0n) is 14.5. The Hall–Kier alpha value is -1.88. The van der Waals surface area contributed by atoms with Crippen LogP contribution in [0.4, 0.5) is 5.69 Å². The van der Waals surface area contributed by atoms with Gasteiger partial charge in [-0.05, 0) is 43.5 Å². The first kappa shape index (κ1) is 18.5. The third-order valence-corrected chi connectivity index (χ3v) is 4.42. The largest absolute Gasteiger partial charge is 0.393 e. The van der Waals surface area contributed by atoms with E-state index < -0.39 is 0 Å². The second kappa shape index (κ2) is 9.42. The second-order valence-corrected chi connectivity index (χ2v) is 6.46. The van der Waals surface area contributed by atoms with Gasteiger partial charge >= 0.3 is 0 Å². The van der Waals surface area contributed by atoms with Crippen molar-refractivity contribution in [2.24, 2.45) is 0 Å². The lowest BCUT2D eigenvalue weighted by Gasteiger charge is -2.29. The predicted octanol–water partition coefficient (Wildman–Crippen LogP) is 3.19. The van der Waals surface area contributed by atoms with Crippen molar-refractivity contribution < 1.29 is 14.7 Å². The number of amides is 2. The molecule has 1 saturated heterocycles. The summed E-state index contributed by atoms with van der Waals surface area (Å²) in [7, 11) is 0. The van der Waals surface area contributed by atoms with Crippen molar-refractivity contribution in [3.8, 4) is 0 Å². The number of anilines is 1. The number of aliphatic hydroxyl groups excluding tert-OH is 1. The lowest BCUT2D eigenvalue weighted by molar-refractivity contribution is -0.116. The molecule has 0 bridgehead atoms. The smallest absolute Gasteiger partial charge is 0.253 e. The van der Waals surface area contributed by atoms with Gasteiger partial charge < -0.3 is 15.3 Å². The van der Waals surface area contributed by atoms with Crippen LogP contribution in [0.5, 0.6) is 0 Å². The van der Waals surface area contributed by atoms with Crippen LogP contribution in [0.2, 0.25) is 0 Å². The summed E-state index contributed by atoms with van der Waals surface area (Å²) in [4.78, 5) is 26.0. The highest BCUT2D eigenvalue weighted by atomic mass is 16.3. The van der Waals surface area contributed by atoms with Gasteiger partial charge in [0.1, 0.15) is 0 Å². The van der Waals surface area contributed by atoms with Crippen molar-refractivity contribution in [3.05, 3.63) is 29.8 Å². The Labute approximate surface area is 144 Å². The molecule has 0 spiro atoms. The number of carbonyl (C=O) groups is 2. The molecule has 5 heteroatoms. The van der Waals surface area contributed by atoms with Crippen LogP contribution in [0.25, 0.3) is 0 Å². The van der Waals surface area contributed by atoms with Crippen LogP contribution in [0.15, 0.2) is 24.3 Å². The van der Waals surface area contributed by atoms with Gasteiger partial charge in [-0.1, -0.05) is 26.2 Å². The SMILES string of the molecule is CCCCCCC(=O)Nc1ccc(C(=O)N2CCC(O)CC2)cc1. The van der Waals surface area contributed by atoms with E-state index in [0.717, 1.165) is 31.4 Å². The summed E-state index contributed by atoms with van der Waals surface area (Å²) in [5.74, 6) is 0.00883. The number of likely N-dealkylation sites (tertiary alicyclic amines) is 1. The van der Waals surface area contributed by atoms with Crippen molar-refractivity contribution in [3.63, 3.8) is 0 Å². The fourth-order valence-electron chi connectivity index (χ4n) is 2.88. The number of nitrogens with zero attached hydrogens (tertiary/aromatic N) is 1. The molecule has 0 aliphatic carbocycles. The molecule has 0 radical (unpaired) electrons. The minimum Gasteiger partial charge on any atom is -0.393 e. The Morgan fingerprint density at radius 2 is 1.79 bits per heavy atom. The summed E-state index contributed by atoms with van der Waals surface area (Å²) in [6, 6.07) is 7.05. The maximum absolute atomic E-state index is 12.4. The summed E-state index contributed by atoms with van der Waals surface area (Å²) in [6.45, 7) is 3.33. The Balaban J connectivity index is 1.81. The highest BCUT2D eigenvalue weighted by Gasteiger charge is 2.22. The molecule has 1 aromatic rings. The van der Waals surface area contributed by atoms with Crippen molar-refractivity contribution in [2.45, 2.75) is 58.0 Å². The molecule has 2 rings (SSSR count). The molecule has 1 aromatic carbocycles. The standard InChI is InChI=1S/C19H28N2O3/c1-2-3-4-5-6-18(23)20-16-9-7-15(8-10-16)19(24)21-13-11-17(22)12-14-21/h7-10,17,22H,2-6,11-14H2,1H3,(H,20,23). The molecule has 5 nitrogen and oxygen atoms in total. The molecular weight excluding hydrogens is 304 g/mol. The van der Waals surface area contributed by atoms with E-state index in [-0.39, 0.29) is 17.9 Å². The van der Waals surface area contributed by atoms with Gasteiger partial charge in [0.15, 0.2) is 0 Å². The zero-order chi connectivity index (χ0) is 17.4. The zero-order valence-corrected chi connectivity index (χ0v) is 14.5. The molecular formula is C19H28N2O3. The van der Waals surface area contributed by atoms with E-state index in [9.17, 15) is 14.7 Å². The van der Waals surface area contributed by atoms with Gasteiger partial charge in [0.05, 0.1) is 6.10 Å². The summed E-state index contributed by atoms with van der Waals surface area (Å²) in [5.41, 5.74) is 1.34. The quantitative estimate of drug-likeness (QED) is 0.753. The monoisotopic (exact) mass is 332 g/mol. The van der Waals surface area contributed by atoms with Gasteiger partial charge in [-0.3, -0.25) is 9.59 Å². The third kappa shape index (κ3) is 5.64. The van der Waals surface area contributed by atoms with E-state index in [2.05, 4.69) is 12.2 Å². The van der Waals surface area contributed by atoms with Crippen LogP contribution in [-0.2, 0) is 4.79 Å². The number of hydrogen-bond donors (Lipinski definition) is 2. The molecule has 1 heterocycles. The van der Waals surface area contributed by atoms with Gasteiger partial charge in [0.2, 0.25) is 5.91 Å². The maximum Gasteiger partial charge on any atom is 0.253 e. The maximum atomic E-state index is 12.4. The van der Waals surface area contributed by atoms with E-state index in [1.54, 1.807) is 29.2 Å². The molecule has 2 N–H and O–H groups in total. The van der Waals surface area contributed by atoms with Crippen LogP contribution in [0.1, 0.15) is 62.2 Å². The molecule has 24 heavy (non-hydrogen) atoms. The van der Waals surface area contributed by atoms with Gasteiger partial charge in [-0.15, -0.1) is 0 Å². The summed E-state index contributed by atoms with van der Waals surface area (Å²) < 4.78 is 0. The van der Waals surface area contributed by atoms with Crippen LogP contribution in [0, 0.1) is 0 Å². The number of piperidine rings is 1. The molecule has 1 fully saturated rings. The predicted molar refractivity (Wildman–Crippen MR) is 95.0 cm³/mol. The van der Waals surface area contributed by atoms with Crippen LogP contribution >= 0.6 is 0 Å². The van der Waals surface area contributed by atoms with Crippen LogP contribution < -0.4 is 5.32 Å². The number of unbranched alkanes of at least 4 members (excludes halogenated alkanes) is 3. The summed E-state index contributed by atoms with van der Waals surface area (Å²) in [6.07, 6.45) is 5.85. The first-order valence-corrected chi connectivity index (χ1v) is 8.97. The first-order chi connectivity index (χ1) is 11.6. The van der Waals surface area contributed by atoms with Gasteiger partial charge in [-0.2, -0.15) is 0 Å². The van der Waals surface area contributed by atoms with Gasteiger partial charge in [0, 0.05) is 30.8 Å². The molecule has 1 aliphatic heterocycles. The highest BCUT2D eigenvalue weighted by Crippen LogP contribution is 2.16. The second-order valence-electron chi connectivity index (χ2n) is 6.46. The Bertz CT molecular complexity index is 534. The number of aliphatic hydroxyl groups is 1. The average molecular weight is 332 g/mol. The number of carbonyl (C=O) groups excluding carboxylic acids is 2. The first-order valence-electron chi connectivity index (χ1n) is 8.97. The molecule has 2 amide bonds. The van der Waals surface area contributed by atoms with E-state index in [0.29, 0.717) is 37.9 Å². The van der Waals surface area contributed by atoms with Crippen LogP contribution in [-0.4, -0.2) is 41.0 Å². The Morgan fingerprint density at radius 3 is 2.42 bits per heavy atom. The minimum absolute atomic E-state index is 0.0145. The van der Waals surface area contributed by atoms with Crippen LogP contribution in [0.3, 0.4) is 0 Å². The van der Waals surface area contributed by atoms with Crippen molar-refractivity contribution in [1.29, 1.82) is 0 Å². The molecule has 132 valence electrons. The lowest BCUT2D eigenvalue weighted by atomic mass is 10.1. The molecule has 0 atom stereocenters. The van der Waals surface area contributed by atoms with E-state index >= 15 is 0 Å². The summed E-state index contributed by atoms with van der Waals surface area (Å²) in [5, 5.41) is 12.4. The van der Waals surface area contributed by atoms with E-state index in [1.807, 2.05) is 0 Å². The van der Waals surface area contributed by atoms with E-state index in [4.69, 9.17) is 0 Å². The van der Waals surface area contributed by atoms with E-state index in [1.165, 1.54) is 0 Å². The molecule has 0 saturated carbocycles. The third-order valence-electron chi connectivity index (χ3n) is 4.42. The van der Waals surface area contributed by atoms with Crippen molar-refractivity contribution in [2.75, 3.05) is 18.4 Å². The fourth-order valence-corrected chi connectivity index (χ4v) is 2.88. The normalized spacial score (nSPS) is 15.3. The topological polar surface area (TPSA) is 69.6 Å². The highest BCUT2D eigenvalue weighted by molar-refractivity contribution is 5.95. The average Bonchev–Trinajstić information content (AvgIpc) is 2.59. The number of hydrogen-bond acceptors (Lipinski definition) is 3. The fraction of sp³-hybridized carbons (Fsp3) is 0.579. The number of benzene rings is 1. The number of nitrogens with one attached hydrogen (secondary N) is 1. The molecule has 0 aromatic heterocycles. The Kier molecular flexibility index (Phi) is 7.25. The number of rotatable bonds is 7. The van der Waals surface area contributed by atoms with Gasteiger partial charge in [0.25, 0.3) is 5.91 Å². The Morgan fingerprint density at radius 1 is 1.12 bits per heavy atom. The molecule has 0 unspecified atom stereocenters. The van der Waals surface area contributed by atoms with Gasteiger partial charge in [-0.25, -0.2) is 0 Å². The summed E-state index contributed by atoms with van der Waals surface area (Å²) >= 11 is 0.